The normalized spacial score (nSPS) is 15.9. The van der Waals surface area contributed by atoms with Crippen LogP contribution in [0.2, 0.25) is 0 Å². The van der Waals surface area contributed by atoms with Gasteiger partial charge in [0, 0.05) is 11.3 Å². The van der Waals surface area contributed by atoms with Crippen molar-refractivity contribution in [3.05, 3.63) is 16.1 Å². The summed E-state index contributed by atoms with van der Waals surface area (Å²) in [6.45, 7) is 8.67. The molecule has 2 nitrogen and oxygen atoms in total. The average Bonchev–Trinajstić information content (AvgIpc) is 2.64. The van der Waals surface area contributed by atoms with Crippen LogP contribution in [0.3, 0.4) is 0 Å². The summed E-state index contributed by atoms with van der Waals surface area (Å²) in [6, 6.07) is 0.101. The zero-order valence-corrected chi connectivity index (χ0v) is 10.3. The topological polar surface area (TPSA) is 38.9 Å². The molecule has 1 heterocycles. The van der Waals surface area contributed by atoms with E-state index in [-0.39, 0.29) is 6.04 Å². The van der Waals surface area contributed by atoms with Crippen LogP contribution >= 0.6 is 11.3 Å². The van der Waals surface area contributed by atoms with Crippen molar-refractivity contribution in [3.63, 3.8) is 0 Å². The molecule has 2 N–H and O–H groups in total. The molecule has 2 unspecified atom stereocenters. The average molecular weight is 212 g/mol. The van der Waals surface area contributed by atoms with Gasteiger partial charge >= 0.3 is 0 Å². The molecular formula is C11H20N2S. The van der Waals surface area contributed by atoms with Crippen molar-refractivity contribution in [3.8, 4) is 0 Å². The Balaban J connectivity index is 2.76. The van der Waals surface area contributed by atoms with Crippen LogP contribution in [0.5, 0.6) is 0 Å². The van der Waals surface area contributed by atoms with E-state index < -0.39 is 0 Å². The largest absolute Gasteiger partial charge is 0.322 e. The van der Waals surface area contributed by atoms with E-state index in [4.69, 9.17) is 5.73 Å². The minimum Gasteiger partial charge on any atom is -0.322 e. The minimum absolute atomic E-state index is 0.101. The maximum absolute atomic E-state index is 6.11. The molecule has 1 aromatic heterocycles. The van der Waals surface area contributed by atoms with Crippen LogP contribution in [-0.4, -0.2) is 4.98 Å². The molecule has 0 radical (unpaired) electrons. The molecule has 0 aliphatic heterocycles. The fourth-order valence-corrected chi connectivity index (χ4v) is 2.15. The smallest absolute Gasteiger partial charge is 0.0954 e. The molecule has 0 spiro atoms. The Kier molecular flexibility index (Phi) is 4.08. The van der Waals surface area contributed by atoms with Crippen LogP contribution in [0.1, 0.15) is 56.8 Å². The Hall–Kier alpha value is -0.410. The van der Waals surface area contributed by atoms with E-state index >= 15 is 0 Å². The standard InChI is InChI=1S/C11H20N2S/c1-5-8(4)10(12)9-6-14-11(13-9)7(2)3/h6-8,10H,5,12H2,1-4H3. The molecule has 1 rings (SSSR count). The summed E-state index contributed by atoms with van der Waals surface area (Å²) in [5, 5.41) is 3.30. The molecule has 0 amide bonds. The maximum atomic E-state index is 6.11. The minimum atomic E-state index is 0.101. The monoisotopic (exact) mass is 212 g/mol. The number of nitrogens with two attached hydrogens (primary N) is 1. The van der Waals surface area contributed by atoms with Crippen molar-refractivity contribution < 1.29 is 0 Å². The fourth-order valence-electron chi connectivity index (χ4n) is 1.26. The number of rotatable bonds is 4. The molecule has 0 aliphatic rings. The van der Waals surface area contributed by atoms with Gasteiger partial charge < -0.3 is 5.73 Å². The Morgan fingerprint density at radius 1 is 1.43 bits per heavy atom. The van der Waals surface area contributed by atoms with Crippen molar-refractivity contribution in [1.29, 1.82) is 0 Å². The predicted octanol–water partition coefficient (Wildman–Crippen LogP) is 3.31. The lowest BCUT2D eigenvalue weighted by Gasteiger charge is -2.15. The van der Waals surface area contributed by atoms with E-state index in [0.29, 0.717) is 11.8 Å². The molecule has 2 atom stereocenters. The number of hydrogen-bond acceptors (Lipinski definition) is 3. The van der Waals surface area contributed by atoms with Crippen LogP contribution in [0.4, 0.5) is 0 Å². The van der Waals surface area contributed by atoms with E-state index in [1.165, 1.54) is 5.01 Å². The van der Waals surface area contributed by atoms with Crippen LogP contribution in [0.15, 0.2) is 5.38 Å². The predicted molar refractivity (Wildman–Crippen MR) is 62.6 cm³/mol. The van der Waals surface area contributed by atoms with Gasteiger partial charge in [0.1, 0.15) is 0 Å². The van der Waals surface area contributed by atoms with Crippen molar-refractivity contribution >= 4 is 11.3 Å². The molecule has 0 fully saturated rings. The van der Waals surface area contributed by atoms with E-state index in [1.54, 1.807) is 11.3 Å². The first-order valence-electron chi connectivity index (χ1n) is 5.27. The Morgan fingerprint density at radius 3 is 2.50 bits per heavy atom. The third-order valence-corrected chi connectivity index (χ3v) is 3.80. The van der Waals surface area contributed by atoms with Gasteiger partial charge in [0.25, 0.3) is 0 Å². The van der Waals surface area contributed by atoms with Gasteiger partial charge in [0.05, 0.1) is 16.7 Å². The molecule has 0 aromatic carbocycles. The fraction of sp³-hybridized carbons (Fsp3) is 0.727. The lowest BCUT2D eigenvalue weighted by molar-refractivity contribution is 0.449. The maximum Gasteiger partial charge on any atom is 0.0954 e. The van der Waals surface area contributed by atoms with Crippen molar-refractivity contribution in [2.24, 2.45) is 11.7 Å². The molecule has 1 aromatic rings. The zero-order valence-electron chi connectivity index (χ0n) is 9.45. The second kappa shape index (κ2) is 4.89. The summed E-state index contributed by atoms with van der Waals surface area (Å²) < 4.78 is 0. The Labute approximate surface area is 90.6 Å². The molecule has 0 saturated carbocycles. The number of hydrogen-bond donors (Lipinski definition) is 1. The van der Waals surface area contributed by atoms with E-state index in [9.17, 15) is 0 Å². The van der Waals surface area contributed by atoms with Crippen LogP contribution in [0, 0.1) is 5.92 Å². The molecule has 0 saturated heterocycles. The van der Waals surface area contributed by atoms with Gasteiger partial charge in [-0.2, -0.15) is 0 Å². The van der Waals surface area contributed by atoms with Gasteiger partial charge in [0.2, 0.25) is 0 Å². The molecule has 0 aliphatic carbocycles. The first-order valence-corrected chi connectivity index (χ1v) is 6.15. The third kappa shape index (κ3) is 2.55. The Bertz CT molecular complexity index is 281. The lowest BCUT2D eigenvalue weighted by atomic mass is 9.98. The van der Waals surface area contributed by atoms with Crippen LogP contribution in [0.25, 0.3) is 0 Å². The van der Waals surface area contributed by atoms with E-state index in [1.807, 2.05) is 0 Å². The van der Waals surface area contributed by atoms with E-state index in [2.05, 4.69) is 38.1 Å². The van der Waals surface area contributed by atoms with Gasteiger partial charge in [-0.05, 0) is 5.92 Å². The summed E-state index contributed by atoms with van der Waals surface area (Å²) in [7, 11) is 0. The highest BCUT2D eigenvalue weighted by Crippen LogP contribution is 2.26. The van der Waals surface area contributed by atoms with Gasteiger partial charge in [-0.3, -0.25) is 0 Å². The first-order chi connectivity index (χ1) is 6.56. The molecule has 3 heteroatoms. The van der Waals surface area contributed by atoms with Gasteiger partial charge in [-0.25, -0.2) is 4.98 Å². The summed E-state index contributed by atoms with van der Waals surface area (Å²) in [4.78, 5) is 4.57. The molecular weight excluding hydrogens is 192 g/mol. The van der Waals surface area contributed by atoms with Crippen LogP contribution < -0.4 is 5.73 Å². The van der Waals surface area contributed by atoms with Gasteiger partial charge in [-0.1, -0.05) is 34.1 Å². The van der Waals surface area contributed by atoms with Crippen molar-refractivity contribution in [1.82, 2.24) is 4.98 Å². The summed E-state index contributed by atoms with van der Waals surface area (Å²) >= 11 is 1.72. The quantitative estimate of drug-likeness (QED) is 0.831. The van der Waals surface area contributed by atoms with Gasteiger partial charge in [0.15, 0.2) is 0 Å². The van der Waals surface area contributed by atoms with Crippen molar-refractivity contribution in [2.45, 2.75) is 46.1 Å². The number of thiazole rings is 1. The highest BCUT2D eigenvalue weighted by atomic mass is 32.1. The highest BCUT2D eigenvalue weighted by molar-refractivity contribution is 7.09. The summed E-state index contributed by atoms with van der Waals surface area (Å²) in [6.07, 6.45) is 1.11. The molecule has 80 valence electrons. The third-order valence-electron chi connectivity index (χ3n) is 2.63. The highest BCUT2D eigenvalue weighted by Gasteiger charge is 2.16. The Morgan fingerprint density at radius 2 is 2.07 bits per heavy atom. The molecule has 0 bridgehead atoms. The van der Waals surface area contributed by atoms with Crippen molar-refractivity contribution in [2.75, 3.05) is 0 Å². The first kappa shape index (κ1) is 11.7. The number of aromatic nitrogens is 1. The molecule has 14 heavy (non-hydrogen) atoms. The number of nitrogens with zero attached hydrogens (tertiary/aromatic N) is 1. The zero-order chi connectivity index (χ0) is 10.7. The SMILES string of the molecule is CCC(C)C(N)c1csc(C(C)C)n1. The summed E-state index contributed by atoms with van der Waals surface area (Å²) in [5.41, 5.74) is 7.17. The summed E-state index contributed by atoms with van der Waals surface area (Å²) in [5.74, 6) is 1.02. The van der Waals surface area contributed by atoms with Crippen LogP contribution in [-0.2, 0) is 0 Å². The van der Waals surface area contributed by atoms with E-state index in [0.717, 1.165) is 12.1 Å². The second-order valence-electron chi connectivity index (χ2n) is 4.18. The lowest BCUT2D eigenvalue weighted by Crippen LogP contribution is -2.18. The van der Waals surface area contributed by atoms with Gasteiger partial charge in [-0.15, -0.1) is 11.3 Å². The second-order valence-corrected chi connectivity index (χ2v) is 5.07.